The standard InChI is InChI=1S/C19H16F2N2O5/c20-19(21)28-14-2-1-11(10-7-15(24)23(9-10)6-4-16(25)26)17-12-8-22-5-3-13(12)27-18(14)17/h1-3,5,8,10,19H,4,6-7,9H2,(H,25,26). The molecule has 9 heteroatoms. The highest BCUT2D eigenvalue weighted by atomic mass is 19.3. The molecule has 0 radical (unpaired) electrons. The van der Waals surface area contributed by atoms with E-state index in [1.807, 2.05) is 0 Å². The van der Waals surface area contributed by atoms with E-state index in [1.54, 1.807) is 18.3 Å². The van der Waals surface area contributed by atoms with Gasteiger partial charge in [-0.3, -0.25) is 14.6 Å². The van der Waals surface area contributed by atoms with Gasteiger partial charge in [-0.1, -0.05) is 6.07 Å². The van der Waals surface area contributed by atoms with Crippen LogP contribution in [0.4, 0.5) is 8.78 Å². The Bertz CT molecular complexity index is 1070. The van der Waals surface area contributed by atoms with Gasteiger partial charge in [0, 0.05) is 48.6 Å². The van der Waals surface area contributed by atoms with E-state index in [4.69, 9.17) is 9.52 Å². The molecule has 0 bridgehead atoms. The summed E-state index contributed by atoms with van der Waals surface area (Å²) in [7, 11) is 0. The first-order valence-corrected chi connectivity index (χ1v) is 8.67. The van der Waals surface area contributed by atoms with E-state index < -0.39 is 12.6 Å². The van der Waals surface area contributed by atoms with Crippen molar-refractivity contribution >= 4 is 33.8 Å². The number of carboxylic acids is 1. The molecule has 1 aliphatic rings. The van der Waals surface area contributed by atoms with Crippen LogP contribution in [0.25, 0.3) is 21.9 Å². The highest BCUT2D eigenvalue weighted by molar-refractivity contribution is 6.08. The molecule has 2 aromatic heterocycles. The molecule has 7 nitrogen and oxygen atoms in total. The summed E-state index contributed by atoms with van der Waals surface area (Å²) in [5, 5.41) is 10.1. The molecule has 1 amide bonds. The third-order valence-electron chi connectivity index (χ3n) is 4.88. The smallest absolute Gasteiger partial charge is 0.387 e. The second-order valence-electron chi connectivity index (χ2n) is 6.59. The monoisotopic (exact) mass is 390 g/mol. The van der Waals surface area contributed by atoms with Gasteiger partial charge in [0.05, 0.1) is 6.42 Å². The molecule has 1 fully saturated rings. The van der Waals surface area contributed by atoms with E-state index in [2.05, 4.69) is 9.72 Å². The number of aliphatic carboxylic acids is 1. The van der Waals surface area contributed by atoms with Gasteiger partial charge in [-0.25, -0.2) is 0 Å². The van der Waals surface area contributed by atoms with E-state index in [9.17, 15) is 18.4 Å². The van der Waals surface area contributed by atoms with Crippen molar-refractivity contribution < 1.29 is 32.6 Å². The summed E-state index contributed by atoms with van der Waals surface area (Å²) in [5.41, 5.74) is 1.41. The molecule has 0 saturated carbocycles. The van der Waals surface area contributed by atoms with Gasteiger partial charge in [-0.15, -0.1) is 0 Å². The van der Waals surface area contributed by atoms with Crippen LogP contribution in [0.2, 0.25) is 0 Å². The number of benzene rings is 1. The Morgan fingerprint density at radius 1 is 1.39 bits per heavy atom. The van der Waals surface area contributed by atoms with Crippen molar-refractivity contribution in [1.29, 1.82) is 0 Å². The molecule has 3 aromatic rings. The molecule has 3 heterocycles. The first kappa shape index (κ1) is 18.1. The van der Waals surface area contributed by atoms with Gasteiger partial charge >= 0.3 is 12.6 Å². The summed E-state index contributed by atoms with van der Waals surface area (Å²) >= 11 is 0. The number of carbonyl (C=O) groups is 2. The maximum absolute atomic E-state index is 12.8. The molecule has 1 unspecified atom stereocenters. The van der Waals surface area contributed by atoms with E-state index in [-0.39, 0.29) is 42.5 Å². The number of amides is 1. The Kier molecular flexibility index (Phi) is 4.58. The Morgan fingerprint density at radius 2 is 2.21 bits per heavy atom. The summed E-state index contributed by atoms with van der Waals surface area (Å²) < 4.78 is 35.9. The molecule has 1 N–H and O–H groups in total. The number of furan rings is 1. The largest absolute Gasteiger partial charge is 0.481 e. The van der Waals surface area contributed by atoms with Crippen LogP contribution in [0, 0.1) is 0 Å². The van der Waals surface area contributed by atoms with Gasteiger partial charge in [0.25, 0.3) is 0 Å². The fraction of sp³-hybridized carbons (Fsp3) is 0.316. The zero-order valence-corrected chi connectivity index (χ0v) is 14.6. The van der Waals surface area contributed by atoms with Crippen molar-refractivity contribution in [3.63, 3.8) is 0 Å². The van der Waals surface area contributed by atoms with E-state index >= 15 is 0 Å². The molecular weight excluding hydrogens is 374 g/mol. The topological polar surface area (TPSA) is 92.9 Å². The molecule has 1 atom stereocenters. The quantitative estimate of drug-likeness (QED) is 0.694. The number of halogens is 2. The second-order valence-corrected chi connectivity index (χ2v) is 6.59. The zero-order valence-electron chi connectivity index (χ0n) is 14.6. The third kappa shape index (κ3) is 3.23. The normalized spacial score (nSPS) is 17.2. The first-order valence-electron chi connectivity index (χ1n) is 8.67. The highest BCUT2D eigenvalue weighted by Gasteiger charge is 2.33. The number of hydrogen-bond acceptors (Lipinski definition) is 5. The van der Waals surface area contributed by atoms with Crippen LogP contribution in [0.3, 0.4) is 0 Å². The van der Waals surface area contributed by atoms with Gasteiger partial charge in [0.15, 0.2) is 11.3 Å². The number of nitrogens with zero attached hydrogens (tertiary/aromatic N) is 2. The Balaban J connectivity index is 1.77. The molecule has 1 aromatic carbocycles. The number of ether oxygens (including phenoxy) is 1. The zero-order chi connectivity index (χ0) is 19.8. The van der Waals surface area contributed by atoms with Crippen molar-refractivity contribution in [2.24, 2.45) is 0 Å². The van der Waals surface area contributed by atoms with Crippen LogP contribution in [0.1, 0.15) is 24.3 Å². The number of likely N-dealkylation sites (tertiary alicyclic amines) is 1. The predicted octanol–water partition coefficient (Wildman–Crippen LogP) is 3.37. The van der Waals surface area contributed by atoms with Gasteiger partial charge in [-0.2, -0.15) is 8.78 Å². The molecule has 146 valence electrons. The number of carbonyl (C=O) groups excluding carboxylic acids is 1. The van der Waals surface area contributed by atoms with Crippen LogP contribution >= 0.6 is 0 Å². The summed E-state index contributed by atoms with van der Waals surface area (Å²) in [6, 6.07) is 4.69. The fourth-order valence-corrected chi connectivity index (χ4v) is 3.68. The summed E-state index contributed by atoms with van der Waals surface area (Å²) in [6.07, 6.45) is 3.19. The molecule has 28 heavy (non-hydrogen) atoms. The second kappa shape index (κ2) is 7.06. The molecule has 0 spiro atoms. The molecular formula is C19H16F2N2O5. The number of fused-ring (bicyclic) bond motifs is 3. The number of hydrogen-bond donors (Lipinski definition) is 1. The van der Waals surface area contributed by atoms with Gasteiger partial charge in [0.1, 0.15) is 5.58 Å². The van der Waals surface area contributed by atoms with E-state index in [1.165, 1.54) is 17.2 Å². The summed E-state index contributed by atoms with van der Waals surface area (Å²) in [4.78, 5) is 28.7. The van der Waals surface area contributed by atoms with Crippen LogP contribution in [-0.4, -0.2) is 46.6 Å². The minimum Gasteiger partial charge on any atom is -0.481 e. The van der Waals surface area contributed by atoms with E-state index in [0.29, 0.717) is 22.9 Å². The predicted molar refractivity (Wildman–Crippen MR) is 94.3 cm³/mol. The number of alkyl halides is 2. The van der Waals surface area contributed by atoms with Gasteiger partial charge in [-0.05, 0) is 17.7 Å². The minimum absolute atomic E-state index is 0.0861. The Hall–Kier alpha value is -3.23. The van der Waals surface area contributed by atoms with Crippen LogP contribution < -0.4 is 4.74 Å². The van der Waals surface area contributed by atoms with Crippen molar-refractivity contribution in [3.05, 3.63) is 36.2 Å². The maximum Gasteiger partial charge on any atom is 0.387 e. The van der Waals surface area contributed by atoms with Crippen LogP contribution in [0.5, 0.6) is 5.75 Å². The average Bonchev–Trinajstić information content (AvgIpc) is 3.21. The lowest BCUT2D eigenvalue weighted by Crippen LogP contribution is -2.27. The minimum atomic E-state index is -3.00. The third-order valence-corrected chi connectivity index (χ3v) is 4.88. The lowest BCUT2D eigenvalue weighted by atomic mass is 9.93. The summed E-state index contributed by atoms with van der Waals surface area (Å²) in [5.74, 6) is -1.42. The first-order chi connectivity index (χ1) is 13.4. The summed E-state index contributed by atoms with van der Waals surface area (Å²) in [6.45, 7) is -2.52. The maximum atomic E-state index is 12.8. The van der Waals surface area contributed by atoms with Crippen molar-refractivity contribution in [3.8, 4) is 5.75 Å². The molecule has 1 saturated heterocycles. The van der Waals surface area contributed by atoms with Crippen molar-refractivity contribution in [2.75, 3.05) is 13.1 Å². The van der Waals surface area contributed by atoms with Gasteiger partial charge < -0.3 is 19.2 Å². The number of rotatable bonds is 6. The lowest BCUT2D eigenvalue weighted by Gasteiger charge is -2.16. The average molecular weight is 390 g/mol. The van der Waals surface area contributed by atoms with Crippen LogP contribution in [-0.2, 0) is 9.59 Å². The lowest BCUT2D eigenvalue weighted by molar-refractivity contribution is -0.137. The molecule has 4 rings (SSSR count). The van der Waals surface area contributed by atoms with E-state index in [0.717, 1.165) is 5.56 Å². The molecule has 1 aliphatic heterocycles. The van der Waals surface area contributed by atoms with Crippen LogP contribution in [0.15, 0.2) is 35.0 Å². The van der Waals surface area contributed by atoms with Gasteiger partial charge in [0.2, 0.25) is 5.91 Å². The number of aromatic nitrogens is 1. The Labute approximate surface area is 157 Å². The SMILES string of the molecule is O=C(O)CCN1CC(c2ccc(OC(F)F)c3oc4ccncc4c23)CC1=O. The van der Waals surface area contributed by atoms with Crippen molar-refractivity contribution in [1.82, 2.24) is 9.88 Å². The highest BCUT2D eigenvalue weighted by Crippen LogP contribution is 2.42. The number of carboxylic acid groups (broad SMARTS) is 1. The van der Waals surface area contributed by atoms with Crippen molar-refractivity contribution in [2.45, 2.75) is 25.4 Å². The Morgan fingerprint density at radius 3 is 2.96 bits per heavy atom. The molecule has 0 aliphatic carbocycles. The fourth-order valence-electron chi connectivity index (χ4n) is 3.68. The number of pyridine rings is 1.